The molecule has 25 heavy (non-hydrogen) atoms. The number of amides is 2. The fourth-order valence-corrected chi connectivity index (χ4v) is 2.96. The van der Waals surface area contributed by atoms with E-state index in [9.17, 15) is 27.9 Å². The van der Waals surface area contributed by atoms with Gasteiger partial charge in [0.05, 0.1) is 5.56 Å². The fourth-order valence-electron chi connectivity index (χ4n) is 2.05. The Labute approximate surface area is 145 Å². The average Bonchev–Trinajstić information content (AvgIpc) is 2.97. The van der Waals surface area contributed by atoms with Crippen molar-refractivity contribution in [2.45, 2.75) is 19.2 Å². The van der Waals surface area contributed by atoms with Crippen molar-refractivity contribution >= 4 is 28.8 Å². The molecule has 0 aliphatic heterocycles. The third kappa shape index (κ3) is 5.04. The van der Waals surface area contributed by atoms with Crippen molar-refractivity contribution in [3.8, 4) is 0 Å². The second-order valence-electron chi connectivity index (χ2n) is 5.23. The van der Waals surface area contributed by atoms with Crippen molar-refractivity contribution in [2.75, 3.05) is 11.9 Å². The number of alkyl halides is 3. The minimum Gasteiger partial charge on any atom is -0.386 e. The summed E-state index contributed by atoms with van der Waals surface area (Å²) in [7, 11) is 0. The van der Waals surface area contributed by atoms with E-state index in [4.69, 9.17) is 0 Å². The zero-order valence-corrected chi connectivity index (χ0v) is 13.9. The average molecular weight is 372 g/mol. The summed E-state index contributed by atoms with van der Waals surface area (Å²) in [6, 6.07) is 5.76. The fraction of sp³-hybridized carbons (Fsp3) is 0.250. The van der Waals surface area contributed by atoms with E-state index in [-0.39, 0.29) is 12.2 Å². The van der Waals surface area contributed by atoms with E-state index in [1.807, 2.05) is 6.07 Å². The first-order valence-corrected chi connectivity index (χ1v) is 8.05. The quantitative estimate of drug-likeness (QED) is 0.722. The van der Waals surface area contributed by atoms with Gasteiger partial charge < -0.3 is 15.7 Å². The number of anilines is 1. The maximum atomic E-state index is 12.6. The molecule has 1 aromatic carbocycles. The van der Waals surface area contributed by atoms with Gasteiger partial charge in [0.1, 0.15) is 6.10 Å². The molecule has 2 aromatic rings. The van der Waals surface area contributed by atoms with Crippen molar-refractivity contribution < 1.29 is 27.9 Å². The summed E-state index contributed by atoms with van der Waals surface area (Å²) in [4.78, 5) is 24.2. The van der Waals surface area contributed by atoms with E-state index in [1.165, 1.54) is 17.4 Å². The number of benzene rings is 1. The van der Waals surface area contributed by atoms with Crippen LogP contribution in [0.4, 0.5) is 18.9 Å². The van der Waals surface area contributed by atoms with Crippen molar-refractivity contribution in [3.05, 3.63) is 51.7 Å². The lowest BCUT2D eigenvalue weighted by molar-refractivity contribution is -0.137. The highest BCUT2D eigenvalue weighted by atomic mass is 32.1. The first-order chi connectivity index (χ1) is 11.7. The Kier molecular flexibility index (Phi) is 5.81. The Morgan fingerprint density at radius 3 is 2.56 bits per heavy atom. The monoisotopic (exact) mass is 372 g/mol. The highest BCUT2D eigenvalue weighted by Gasteiger charge is 2.30. The number of halogens is 3. The van der Waals surface area contributed by atoms with Gasteiger partial charge in [-0.05, 0) is 42.1 Å². The third-order valence-electron chi connectivity index (χ3n) is 3.31. The highest BCUT2D eigenvalue weighted by molar-refractivity contribution is 7.10. The van der Waals surface area contributed by atoms with Gasteiger partial charge >= 0.3 is 18.0 Å². The van der Waals surface area contributed by atoms with Crippen LogP contribution in [0, 0.1) is 6.92 Å². The molecule has 3 N–H and O–H groups in total. The van der Waals surface area contributed by atoms with Crippen LogP contribution < -0.4 is 10.6 Å². The molecule has 1 atom stereocenters. The molecule has 0 saturated carbocycles. The van der Waals surface area contributed by atoms with Crippen LogP contribution in [0.2, 0.25) is 0 Å². The molecule has 0 saturated heterocycles. The summed E-state index contributed by atoms with van der Waals surface area (Å²) in [5.74, 6) is -2.17. The van der Waals surface area contributed by atoms with Crippen LogP contribution in [0.25, 0.3) is 0 Å². The van der Waals surface area contributed by atoms with Gasteiger partial charge in [-0.1, -0.05) is 6.07 Å². The molecular weight excluding hydrogens is 357 g/mol. The Bertz CT molecular complexity index is 774. The van der Waals surface area contributed by atoms with Crippen molar-refractivity contribution in [1.29, 1.82) is 0 Å². The van der Waals surface area contributed by atoms with Gasteiger partial charge in [-0.25, -0.2) is 0 Å². The van der Waals surface area contributed by atoms with Crippen LogP contribution in [0.3, 0.4) is 0 Å². The number of hydrogen-bond donors (Lipinski definition) is 3. The van der Waals surface area contributed by atoms with E-state index in [2.05, 4.69) is 10.6 Å². The van der Waals surface area contributed by atoms with E-state index in [1.54, 1.807) is 12.3 Å². The molecule has 1 unspecified atom stereocenters. The first-order valence-electron chi connectivity index (χ1n) is 7.17. The second kappa shape index (κ2) is 7.66. The van der Waals surface area contributed by atoms with Gasteiger partial charge in [0, 0.05) is 17.1 Å². The maximum Gasteiger partial charge on any atom is 0.416 e. The summed E-state index contributed by atoms with van der Waals surface area (Å²) in [6.07, 6.45) is -5.52. The van der Waals surface area contributed by atoms with E-state index in [0.29, 0.717) is 4.88 Å². The number of rotatable bonds is 4. The van der Waals surface area contributed by atoms with E-state index in [0.717, 1.165) is 23.8 Å². The maximum absolute atomic E-state index is 12.6. The van der Waals surface area contributed by atoms with Crippen molar-refractivity contribution in [1.82, 2.24) is 5.32 Å². The van der Waals surface area contributed by atoms with Crippen LogP contribution >= 0.6 is 11.3 Å². The molecule has 1 aromatic heterocycles. The summed E-state index contributed by atoms with van der Waals surface area (Å²) in [6.45, 7) is 1.62. The molecule has 0 fully saturated rings. The number of aliphatic hydroxyl groups excluding tert-OH is 1. The lowest BCUT2D eigenvalue weighted by Gasteiger charge is -2.12. The SMILES string of the molecule is Cc1ccsc1C(O)CNC(=O)C(=O)Nc1cccc(C(F)(F)F)c1. The molecular formula is C16H15F3N2O3S. The number of hydrogen-bond acceptors (Lipinski definition) is 4. The predicted molar refractivity (Wildman–Crippen MR) is 87.1 cm³/mol. The molecule has 2 rings (SSSR count). The molecule has 5 nitrogen and oxygen atoms in total. The third-order valence-corrected chi connectivity index (χ3v) is 4.43. The predicted octanol–water partition coefficient (Wildman–Crippen LogP) is 2.86. The van der Waals surface area contributed by atoms with Crippen LogP contribution in [0.15, 0.2) is 35.7 Å². The number of nitrogens with one attached hydrogen (secondary N) is 2. The zero-order valence-electron chi connectivity index (χ0n) is 13.1. The van der Waals surface area contributed by atoms with E-state index >= 15 is 0 Å². The largest absolute Gasteiger partial charge is 0.416 e. The smallest absolute Gasteiger partial charge is 0.386 e. The first kappa shape index (κ1) is 18.9. The van der Waals surface area contributed by atoms with Gasteiger partial charge in [0.25, 0.3) is 0 Å². The Hall–Kier alpha value is -2.39. The lowest BCUT2D eigenvalue weighted by atomic mass is 10.2. The number of thiophene rings is 1. The Balaban J connectivity index is 1.92. The summed E-state index contributed by atoms with van der Waals surface area (Å²) >= 11 is 1.32. The lowest BCUT2D eigenvalue weighted by Crippen LogP contribution is -2.37. The molecule has 0 aliphatic rings. The second-order valence-corrected chi connectivity index (χ2v) is 6.17. The van der Waals surface area contributed by atoms with Crippen molar-refractivity contribution in [2.24, 2.45) is 0 Å². The van der Waals surface area contributed by atoms with Gasteiger partial charge in [-0.3, -0.25) is 9.59 Å². The van der Waals surface area contributed by atoms with E-state index < -0.39 is 29.7 Å². The van der Waals surface area contributed by atoms with Crippen LogP contribution in [0.5, 0.6) is 0 Å². The molecule has 1 heterocycles. The summed E-state index contributed by atoms with van der Waals surface area (Å²) in [5, 5.41) is 16.1. The number of carbonyl (C=O) groups is 2. The molecule has 0 bridgehead atoms. The topological polar surface area (TPSA) is 78.4 Å². The summed E-state index contributed by atoms with van der Waals surface area (Å²) < 4.78 is 37.9. The van der Waals surface area contributed by atoms with Gasteiger partial charge in [0.15, 0.2) is 0 Å². The molecule has 0 aliphatic carbocycles. The number of aryl methyl sites for hydroxylation is 1. The van der Waals surface area contributed by atoms with Gasteiger partial charge in [0.2, 0.25) is 0 Å². The molecule has 2 amide bonds. The van der Waals surface area contributed by atoms with Crippen LogP contribution in [-0.4, -0.2) is 23.5 Å². The van der Waals surface area contributed by atoms with Gasteiger partial charge in [-0.15, -0.1) is 11.3 Å². The van der Waals surface area contributed by atoms with Gasteiger partial charge in [-0.2, -0.15) is 13.2 Å². The molecule has 0 radical (unpaired) electrons. The normalized spacial score (nSPS) is 12.5. The Morgan fingerprint density at radius 1 is 1.24 bits per heavy atom. The van der Waals surface area contributed by atoms with Crippen LogP contribution in [-0.2, 0) is 15.8 Å². The molecule has 9 heteroatoms. The minimum absolute atomic E-state index is 0.148. The van der Waals surface area contributed by atoms with Crippen molar-refractivity contribution in [3.63, 3.8) is 0 Å². The summed E-state index contributed by atoms with van der Waals surface area (Å²) in [5.41, 5.74) is -0.223. The Morgan fingerprint density at radius 2 is 1.96 bits per heavy atom. The molecule has 0 spiro atoms. The molecule has 134 valence electrons. The highest BCUT2D eigenvalue weighted by Crippen LogP contribution is 2.30. The zero-order chi connectivity index (χ0) is 18.6. The minimum atomic E-state index is -4.55. The number of aliphatic hydroxyl groups is 1. The van der Waals surface area contributed by atoms with Crippen LogP contribution in [0.1, 0.15) is 22.1 Å². The standard InChI is InChI=1S/C16H15F3N2O3S/c1-9-5-6-25-13(9)12(22)8-20-14(23)15(24)21-11-4-2-3-10(7-11)16(17,18)19/h2-7,12,22H,8H2,1H3,(H,20,23)(H,21,24). The number of carbonyl (C=O) groups excluding carboxylic acids is 2.